The number of benzene rings is 1. The number of amides is 6. The second kappa shape index (κ2) is 19.2. The number of nitrogens with zero attached hydrogens (tertiary/aromatic N) is 3. The second-order valence-corrected chi connectivity index (χ2v) is 16.7. The van der Waals surface area contributed by atoms with Crippen molar-refractivity contribution >= 4 is 52.3 Å². The number of rotatable bonds is 19. The Bertz CT molecular complexity index is 1890. The lowest BCUT2D eigenvalue weighted by Crippen LogP contribution is -2.61. The molecular formula is C42H61N7O8. The molecule has 1 unspecified atom stereocenters. The summed E-state index contributed by atoms with van der Waals surface area (Å²) in [4.78, 5) is 92.2. The lowest BCUT2D eigenvalue weighted by molar-refractivity contribution is -0.141. The number of nitrogens with one attached hydrogen (secondary N) is 4. The molecule has 0 fully saturated rings. The highest BCUT2D eigenvalue weighted by atomic mass is 16.4. The van der Waals surface area contributed by atoms with Gasteiger partial charge in [0.05, 0.1) is 12.1 Å². The van der Waals surface area contributed by atoms with E-state index < -0.39 is 64.6 Å². The molecular weight excluding hydrogens is 731 g/mol. The van der Waals surface area contributed by atoms with Crippen LogP contribution in [0.25, 0.3) is 10.9 Å². The molecule has 4 atom stereocenters. The number of hydrogen-bond donors (Lipinski definition) is 5. The van der Waals surface area contributed by atoms with Gasteiger partial charge in [-0.1, -0.05) is 72.7 Å². The SMILES string of the molecule is CN[C@H](C(=O)NC(C(=O)N(C)[C@H](/C=C(\C)C(=O)N[C@H](CCC(=O)NCCCN1C(=O)C=CC1=O)C(=O)O)C(C)C)C(C)(C)C)C(C)(C)c1cn(C)c2ccccc12. The van der Waals surface area contributed by atoms with Crippen molar-refractivity contribution < 1.29 is 38.7 Å². The monoisotopic (exact) mass is 791 g/mol. The summed E-state index contributed by atoms with van der Waals surface area (Å²) < 4.78 is 2.03. The van der Waals surface area contributed by atoms with Crippen LogP contribution in [0, 0.1) is 11.3 Å². The van der Waals surface area contributed by atoms with E-state index >= 15 is 0 Å². The lowest BCUT2D eigenvalue weighted by atomic mass is 9.76. The molecule has 2 aromatic rings. The fourth-order valence-electron chi connectivity index (χ4n) is 7.15. The Morgan fingerprint density at radius 1 is 0.947 bits per heavy atom. The van der Waals surface area contributed by atoms with Gasteiger partial charge in [-0.15, -0.1) is 0 Å². The predicted molar refractivity (Wildman–Crippen MR) is 218 cm³/mol. The summed E-state index contributed by atoms with van der Waals surface area (Å²) in [7, 11) is 5.30. The van der Waals surface area contributed by atoms with E-state index in [1.54, 1.807) is 20.2 Å². The van der Waals surface area contributed by atoms with Crippen LogP contribution in [0.4, 0.5) is 0 Å². The summed E-state index contributed by atoms with van der Waals surface area (Å²) in [6, 6.07) is 4.38. The molecule has 57 heavy (non-hydrogen) atoms. The minimum Gasteiger partial charge on any atom is -0.480 e. The molecule has 0 saturated heterocycles. The molecule has 5 N–H and O–H groups in total. The standard InChI is InChI=1S/C42H61N7O8/c1-25(2)31(23-26(3)37(53)45-29(40(56)57)17-18-32(50)44-21-14-22-49-33(51)19-20-34(49)52)48(11)39(55)36(41(4,5)6)46-38(54)35(43-9)42(7,8)28-24-47(10)30-16-13-12-15-27(28)30/h12-13,15-16,19-20,23-25,29,31,35-36,43H,14,17-18,21-22H2,1-11H3,(H,44,50)(H,45,53)(H,46,54)(H,56,57)/b26-23+/t29-,31-,35-,36?/m1/s1. The minimum atomic E-state index is -1.37. The Morgan fingerprint density at radius 2 is 1.56 bits per heavy atom. The topological polar surface area (TPSA) is 199 Å². The van der Waals surface area contributed by atoms with Crippen molar-refractivity contribution in [3.63, 3.8) is 0 Å². The maximum Gasteiger partial charge on any atom is 0.326 e. The van der Waals surface area contributed by atoms with Crippen LogP contribution in [-0.2, 0) is 46.0 Å². The molecule has 0 saturated carbocycles. The molecule has 15 nitrogen and oxygen atoms in total. The molecule has 0 bridgehead atoms. The van der Waals surface area contributed by atoms with E-state index in [-0.39, 0.29) is 49.2 Å². The Morgan fingerprint density at radius 3 is 2.12 bits per heavy atom. The third-order valence-corrected chi connectivity index (χ3v) is 10.6. The highest BCUT2D eigenvalue weighted by molar-refractivity contribution is 6.12. The van der Waals surface area contributed by atoms with Gasteiger partial charge < -0.3 is 35.8 Å². The van der Waals surface area contributed by atoms with Crippen LogP contribution in [0.5, 0.6) is 0 Å². The summed E-state index contributed by atoms with van der Waals surface area (Å²) in [5.74, 6) is -4.14. The number of carbonyl (C=O) groups is 7. The number of aryl methyl sites for hydroxylation is 1. The molecule has 2 heterocycles. The van der Waals surface area contributed by atoms with Crippen LogP contribution >= 0.6 is 0 Å². The highest BCUT2D eigenvalue weighted by Crippen LogP contribution is 2.35. The molecule has 0 radical (unpaired) electrons. The molecule has 0 spiro atoms. The number of fused-ring (bicyclic) bond motifs is 1. The smallest absolute Gasteiger partial charge is 0.326 e. The first-order valence-corrected chi connectivity index (χ1v) is 19.3. The molecule has 1 aromatic heterocycles. The number of carboxylic acids is 1. The number of aromatic nitrogens is 1. The van der Waals surface area contributed by atoms with Crippen LogP contribution in [0.3, 0.4) is 0 Å². The third kappa shape index (κ3) is 11.4. The third-order valence-electron chi connectivity index (χ3n) is 10.6. The largest absolute Gasteiger partial charge is 0.480 e. The average molecular weight is 792 g/mol. The van der Waals surface area contributed by atoms with E-state index in [1.165, 1.54) is 24.0 Å². The van der Waals surface area contributed by atoms with E-state index in [0.717, 1.165) is 21.4 Å². The van der Waals surface area contributed by atoms with Gasteiger partial charge >= 0.3 is 5.97 Å². The van der Waals surface area contributed by atoms with Crippen LogP contribution in [0.2, 0.25) is 0 Å². The molecule has 3 rings (SSSR count). The van der Waals surface area contributed by atoms with Crippen molar-refractivity contribution in [1.82, 2.24) is 35.6 Å². The van der Waals surface area contributed by atoms with E-state index in [0.29, 0.717) is 6.42 Å². The van der Waals surface area contributed by atoms with Crippen molar-refractivity contribution in [1.29, 1.82) is 0 Å². The van der Waals surface area contributed by atoms with Gasteiger partial charge in [-0.25, -0.2) is 4.79 Å². The highest BCUT2D eigenvalue weighted by Gasteiger charge is 2.42. The zero-order valence-corrected chi connectivity index (χ0v) is 35.2. The van der Waals surface area contributed by atoms with E-state index in [9.17, 15) is 38.7 Å². The van der Waals surface area contributed by atoms with Crippen molar-refractivity contribution in [3.05, 3.63) is 59.8 Å². The normalized spacial score (nSPS) is 15.7. The summed E-state index contributed by atoms with van der Waals surface area (Å²) in [5, 5.41) is 22.2. The summed E-state index contributed by atoms with van der Waals surface area (Å²) in [6.07, 6.45) is 5.95. The predicted octanol–water partition coefficient (Wildman–Crippen LogP) is 2.79. The van der Waals surface area contributed by atoms with Crippen LogP contribution in [0.1, 0.15) is 80.2 Å². The number of carboxylic acid groups (broad SMARTS) is 1. The molecule has 1 aromatic carbocycles. The van der Waals surface area contributed by atoms with Crippen LogP contribution in [0.15, 0.2) is 54.3 Å². The molecule has 6 amide bonds. The van der Waals surface area contributed by atoms with E-state index in [2.05, 4.69) is 21.3 Å². The maximum atomic E-state index is 14.3. The summed E-state index contributed by atoms with van der Waals surface area (Å²) >= 11 is 0. The van der Waals surface area contributed by atoms with Gasteiger partial charge in [-0.05, 0) is 49.8 Å². The average Bonchev–Trinajstić information content (AvgIpc) is 3.65. The molecule has 1 aliphatic rings. The van der Waals surface area contributed by atoms with Gasteiger partial charge in [-0.3, -0.25) is 33.7 Å². The van der Waals surface area contributed by atoms with Gasteiger partial charge in [0.25, 0.3) is 11.8 Å². The number of imide groups is 1. The van der Waals surface area contributed by atoms with Gasteiger partial charge in [-0.2, -0.15) is 0 Å². The van der Waals surface area contributed by atoms with Crippen molar-refractivity contribution in [2.75, 3.05) is 27.2 Å². The minimum absolute atomic E-state index is 0.135. The first-order valence-electron chi connectivity index (χ1n) is 19.3. The van der Waals surface area contributed by atoms with Gasteiger partial charge in [0.1, 0.15) is 12.1 Å². The zero-order valence-electron chi connectivity index (χ0n) is 35.2. The number of hydrogen-bond acceptors (Lipinski definition) is 8. The quantitative estimate of drug-likeness (QED) is 0.0807. The lowest BCUT2D eigenvalue weighted by Gasteiger charge is -2.39. The van der Waals surface area contributed by atoms with E-state index in [1.807, 2.05) is 90.5 Å². The Labute approximate surface area is 335 Å². The van der Waals surface area contributed by atoms with E-state index in [4.69, 9.17) is 0 Å². The van der Waals surface area contributed by atoms with Crippen molar-refractivity contribution in [3.8, 4) is 0 Å². The van der Waals surface area contributed by atoms with Gasteiger partial charge in [0.2, 0.25) is 23.6 Å². The van der Waals surface area contributed by atoms with Gasteiger partial charge in [0, 0.05) is 73.8 Å². The first kappa shape index (κ1) is 46.1. The second-order valence-electron chi connectivity index (χ2n) is 16.7. The molecule has 15 heteroatoms. The fourth-order valence-corrected chi connectivity index (χ4v) is 7.15. The summed E-state index contributed by atoms with van der Waals surface area (Å²) in [6.45, 7) is 15.2. The number of likely N-dealkylation sites (N-methyl/N-ethyl adjacent to an activating group) is 2. The van der Waals surface area contributed by atoms with Gasteiger partial charge in [0.15, 0.2) is 0 Å². The Kier molecular flexibility index (Phi) is 15.5. The number of para-hydroxylation sites is 1. The molecule has 1 aliphatic heterocycles. The Hall–Kier alpha value is -5.31. The number of aliphatic carboxylic acids is 1. The fraction of sp³-hybridized carbons (Fsp3) is 0.548. The van der Waals surface area contributed by atoms with Crippen LogP contribution in [-0.4, -0.2) is 112 Å². The molecule has 0 aliphatic carbocycles. The van der Waals surface area contributed by atoms with Crippen molar-refractivity contribution in [2.24, 2.45) is 18.4 Å². The first-order chi connectivity index (χ1) is 26.5. The summed E-state index contributed by atoms with van der Waals surface area (Å²) in [5.41, 5.74) is 0.813. The number of carbonyl (C=O) groups excluding carboxylic acids is 6. The maximum absolute atomic E-state index is 14.3. The Balaban J connectivity index is 1.69. The zero-order chi connectivity index (χ0) is 43.0. The van der Waals surface area contributed by atoms with Crippen LogP contribution < -0.4 is 21.3 Å². The molecule has 312 valence electrons. The van der Waals surface area contributed by atoms with Crippen molar-refractivity contribution in [2.45, 2.75) is 104 Å².